The predicted octanol–water partition coefficient (Wildman–Crippen LogP) is 4.39. The van der Waals surface area contributed by atoms with Crippen LogP contribution < -0.4 is 4.74 Å². The van der Waals surface area contributed by atoms with Gasteiger partial charge < -0.3 is 9.84 Å². The van der Waals surface area contributed by atoms with E-state index < -0.39 is 0 Å². The molecule has 0 radical (unpaired) electrons. The number of aldehydes is 1. The Morgan fingerprint density at radius 1 is 1.27 bits per heavy atom. The Balaban J connectivity index is 1.96. The Labute approximate surface area is 159 Å². The Morgan fingerprint density at radius 3 is 2.81 bits per heavy atom. The molecule has 0 spiro atoms. The van der Waals surface area contributed by atoms with E-state index in [-0.39, 0.29) is 24.0 Å². The van der Waals surface area contributed by atoms with Gasteiger partial charge in [-0.2, -0.15) is 5.10 Å². The average Bonchev–Trinajstić information content (AvgIpc) is 3.10. The maximum Gasteiger partial charge on any atom is 0.154 e. The van der Waals surface area contributed by atoms with Crippen molar-refractivity contribution in [2.75, 3.05) is 0 Å². The fourth-order valence-corrected chi connectivity index (χ4v) is 2.96. The van der Waals surface area contributed by atoms with Gasteiger partial charge in [0.25, 0.3) is 0 Å². The summed E-state index contributed by atoms with van der Waals surface area (Å²) in [7, 11) is 0. The van der Waals surface area contributed by atoms with E-state index in [1.807, 2.05) is 30.7 Å². The van der Waals surface area contributed by atoms with Crippen LogP contribution in [0.15, 0.2) is 47.2 Å². The van der Waals surface area contributed by atoms with E-state index in [0.717, 1.165) is 5.69 Å². The van der Waals surface area contributed by atoms with E-state index >= 15 is 0 Å². The normalized spacial score (nSPS) is 10.9. The van der Waals surface area contributed by atoms with Crippen LogP contribution >= 0.6 is 15.9 Å². The fourth-order valence-electron chi connectivity index (χ4n) is 2.65. The zero-order chi connectivity index (χ0) is 18.7. The molecule has 0 amide bonds. The smallest absolute Gasteiger partial charge is 0.154 e. The molecule has 0 atom stereocenters. The zero-order valence-corrected chi connectivity index (χ0v) is 16.0. The van der Waals surface area contributed by atoms with Crippen molar-refractivity contribution >= 4 is 22.2 Å². The molecule has 0 saturated heterocycles. The molecule has 2 aromatic heterocycles. The van der Waals surface area contributed by atoms with Crippen molar-refractivity contribution in [3.63, 3.8) is 0 Å². The van der Waals surface area contributed by atoms with Crippen LogP contribution in [-0.4, -0.2) is 26.2 Å². The van der Waals surface area contributed by atoms with Crippen LogP contribution in [0.5, 0.6) is 11.5 Å². The van der Waals surface area contributed by atoms with Gasteiger partial charge in [0.05, 0.1) is 11.3 Å². The second-order valence-electron chi connectivity index (χ2n) is 5.99. The number of phenols is 1. The molecule has 6 nitrogen and oxygen atoms in total. The lowest BCUT2D eigenvalue weighted by atomic mass is 10.1. The molecule has 134 valence electrons. The van der Waals surface area contributed by atoms with Crippen molar-refractivity contribution in [3.05, 3.63) is 58.3 Å². The summed E-state index contributed by atoms with van der Waals surface area (Å²) in [6.45, 7) is 4.21. The van der Waals surface area contributed by atoms with Gasteiger partial charge in [0.15, 0.2) is 6.29 Å². The third-order valence-corrected chi connectivity index (χ3v) is 4.34. The highest BCUT2D eigenvalue weighted by Gasteiger charge is 2.16. The molecule has 0 unspecified atom stereocenters. The Morgan fingerprint density at radius 2 is 2.08 bits per heavy atom. The number of phenolic OH excluding ortho intramolecular Hbond substituents is 1. The molecule has 3 rings (SSSR count). The minimum Gasteiger partial charge on any atom is -0.507 e. The standard InChI is InChI=1S/C19H18BrN3O3/c1-12(2)23-15(8-9-21-23)19-17(6-7-18(20)22-19)26-11-13-4-3-5-16(25)14(13)10-24/h3-10,12,25H,11H2,1-2H3. The van der Waals surface area contributed by atoms with Crippen LogP contribution in [0.4, 0.5) is 0 Å². The van der Waals surface area contributed by atoms with Gasteiger partial charge in [-0.15, -0.1) is 0 Å². The number of carbonyl (C=O) groups is 1. The molecule has 0 aliphatic carbocycles. The van der Waals surface area contributed by atoms with Crippen LogP contribution in [0.2, 0.25) is 0 Å². The van der Waals surface area contributed by atoms with Gasteiger partial charge in [-0.05, 0) is 54.0 Å². The summed E-state index contributed by atoms with van der Waals surface area (Å²) in [6.07, 6.45) is 2.35. The number of hydrogen-bond acceptors (Lipinski definition) is 5. The second kappa shape index (κ2) is 7.70. The number of halogens is 1. The lowest BCUT2D eigenvalue weighted by molar-refractivity contribution is 0.111. The number of aromatic nitrogens is 3. The van der Waals surface area contributed by atoms with Gasteiger partial charge >= 0.3 is 0 Å². The lowest BCUT2D eigenvalue weighted by Gasteiger charge is -2.15. The summed E-state index contributed by atoms with van der Waals surface area (Å²) >= 11 is 3.40. The van der Waals surface area contributed by atoms with Crippen molar-refractivity contribution in [2.24, 2.45) is 0 Å². The maximum atomic E-state index is 11.2. The molecule has 7 heteroatoms. The van der Waals surface area contributed by atoms with Gasteiger partial charge in [-0.3, -0.25) is 9.48 Å². The van der Waals surface area contributed by atoms with Crippen LogP contribution in [0.1, 0.15) is 35.8 Å². The monoisotopic (exact) mass is 415 g/mol. The van der Waals surface area contributed by atoms with Gasteiger partial charge in [-0.1, -0.05) is 12.1 Å². The molecule has 2 heterocycles. The number of hydrogen-bond donors (Lipinski definition) is 1. The number of rotatable bonds is 6. The van der Waals surface area contributed by atoms with E-state index in [2.05, 4.69) is 26.0 Å². The van der Waals surface area contributed by atoms with Gasteiger partial charge in [0.1, 0.15) is 28.4 Å². The third-order valence-electron chi connectivity index (χ3n) is 3.90. The molecule has 0 saturated carbocycles. The predicted molar refractivity (Wildman–Crippen MR) is 101 cm³/mol. The second-order valence-corrected chi connectivity index (χ2v) is 6.80. The first-order valence-electron chi connectivity index (χ1n) is 8.10. The van der Waals surface area contributed by atoms with Gasteiger partial charge in [0, 0.05) is 17.8 Å². The number of nitrogens with zero attached hydrogens (tertiary/aromatic N) is 3. The molecule has 26 heavy (non-hydrogen) atoms. The van der Waals surface area contributed by atoms with Crippen molar-refractivity contribution in [3.8, 4) is 22.9 Å². The number of aromatic hydroxyl groups is 1. The van der Waals surface area contributed by atoms with Crippen molar-refractivity contribution in [2.45, 2.75) is 26.5 Å². The first-order valence-corrected chi connectivity index (χ1v) is 8.89. The van der Waals surface area contributed by atoms with E-state index in [1.54, 1.807) is 24.4 Å². The molecular weight excluding hydrogens is 398 g/mol. The van der Waals surface area contributed by atoms with E-state index in [0.29, 0.717) is 27.9 Å². The number of carbonyl (C=O) groups excluding carboxylic acids is 1. The number of ether oxygens (including phenoxy) is 1. The van der Waals surface area contributed by atoms with Crippen LogP contribution in [0.3, 0.4) is 0 Å². The SMILES string of the molecule is CC(C)n1nccc1-c1nc(Br)ccc1OCc1cccc(O)c1C=O. The highest BCUT2D eigenvalue weighted by molar-refractivity contribution is 9.10. The van der Waals surface area contributed by atoms with Crippen LogP contribution in [0, 0.1) is 0 Å². The Bertz CT molecular complexity index is 938. The first kappa shape index (κ1) is 18.1. The summed E-state index contributed by atoms with van der Waals surface area (Å²) in [4.78, 5) is 15.8. The summed E-state index contributed by atoms with van der Waals surface area (Å²) in [5.74, 6) is 0.504. The maximum absolute atomic E-state index is 11.2. The summed E-state index contributed by atoms with van der Waals surface area (Å²) in [6, 6.07) is 10.5. The van der Waals surface area contributed by atoms with Crippen molar-refractivity contribution < 1.29 is 14.6 Å². The van der Waals surface area contributed by atoms with Gasteiger partial charge in [0.2, 0.25) is 0 Å². The van der Waals surface area contributed by atoms with Crippen molar-refractivity contribution in [1.29, 1.82) is 0 Å². The topological polar surface area (TPSA) is 77.2 Å². The van der Waals surface area contributed by atoms with Crippen LogP contribution in [-0.2, 0) is 6.61 Å². The molecule has 0 bridgehead atoms. The van der Waals surface area contributed by atoms with E-state index in [1.165, 1.54) is 6.07 Å². The zero-order valence-electron chi connectivity index (χ0n) is 14.4. The summed E-state index contributed by atoms with van der Waals surface area (Å²) in [5.41, 5.74) is 2.32. The third kappa shape index (κ3) is 3.62. The van der Waals surface area contributed by atoms with E-state index in [4.69, 9.17) is 4.74 Å². The molecule has 3 aromatic rings. The Hall–Kier alpha value is -2.67. The molecular formula is C19H18BrN3O3. The number of pyridine rings is 1. The highest BCUT2D eigenvalue weighted by Crippen LogP contribution is 2.32. The number of benzene rings is 1. The summed E-state index contributed by atoms with van der Waals surface area (Å²) in [5, 5.41) is 14.2. The quantitative estimate of drug-likeness (QED) is 0.477. The van der Waals surface area contributed by atoms with E-state index in [9.17, 15) is 9.90 Å². The summed E-state index contributed by atoms with van der Waals surface area (Å²) < 4.78 is 8.49. The highest BCUT2D eigenvalue weighted by atomic mass is 79.9. The lowest BCUT2D eigenvalue weighted by Crippen LogP contribution is -2.07. The molecule has 0 aliphatic heterocycles. The first-order chi connectivity index (χ1) is 12.5. The van der Waals surface area contributed by atoms with Crippen molar-refractivity contribution in [1.82, 2.24) is 14.8 Å². The molecule has 0 aliphatic rings. The molecule has 1 N–H and O–H groups in total. The Kier molecular flexibility index (Phi) is 5.37. The minimum atomic E-state index is -0.0619. The van der Waals surface area contributed by atoms with Crippen LogP contribution in [0.25, 0.3) is 11.4 Å². The average molecular weight is 416 g/mol. The minimum absolute atomic E-state index is 0.0619. The fraction of sp³-hybridized carbons (Fsp3) is 0.211. The van der Waals surface area contributed by atoms with Gasteiger partial charge in [-0.25, -0.2) is 4.98 Å². The molecule has 0 fully saturated rings. The largest absolute Gasteiger partial charge is 0.507 e. The molecule has 1 aromatic carbocycles.